The smallest absolute Gasteiger partial charge is 0.335 e. The SMILES string of the molecule is Cc1cccc(COC(C)C)c1-c1nc(NS(=O)(=O)c2cccc(C(=O)O)c2)nc(OC[C@H](N)CC(C)(C)C)c1C.Cl. The molecule has 0 aliphatic rings. The molecule has 0 bridgehead atoms. The summed E-state index contributed by atoms with van der Waals surface area (Å²) < 4.78 is 41.0. The molecule has 1 atom stereocenters. The monoisotopic (exact) mass is 620 g/mol. The third-order valence-corrected chi connectivity index (χ3v) is 7.52. The normalized spacial score (nSPS) is 12.5. The van der Waals surface area contributed by atoms with Gasteiger partial charge in [0.1, 0.15) is 6.61 Å². The molecule has 2 aromatic carbocycles. The molecule has 12 heteroatoms. The molecule has 4 N–H and O–H groups in total. The number of nitrogens with one attached hydrogen (secondary N) is 1. The zero-order valence-electron chi connectivity index (χ0n) is 25.1. The Kier molecular flexibility index (Phi) is 11.9. The van der Waals surface area contributed by atoms with Crippen LogP contribution in [0.3, 0.4) is 0 Å². The number of carboxylic acid groups (broad SMARTS) is 1. The lowest BCUT2D eigenvalue weighted by molar-refractivity contribution is 0.0659. The van der Waals surface area contributed by atoms with Gasteiger partial charge in [-0.3, -0.25) is 0 Å². The number of aromatic carboxylic acids is 1. The highest BCUT2D eigenvalue weighted by Gasteiger charge is 2.24. The summed E-state index contributed by atoms with van der Waals surface area (Å²) >= 11 is 0. The maximum atomic E-state index is 13.3. The van der Waals surface area contributed by atoms with Gasteiger partial charge >= 0.3 is 5.97 Å². The predicted molar refractivity (Wildman–Crippen MR) is 166 cm³/mol. The molecule has 42 heavy (non-hydrogen) atoms. The van der Waals surface area contributed by atoms with Crippen molar-refractivity contribution >= 4 is 34.3 Å². The van der Waals surface area contributed by atoms with Crippen LogP contribution in [0, 0.1) is 19.3 Å². The first-order valence-corrected chi connectivity index (χ1v) is 14.9. The Labute approximate surface area is 254 Å². The Morgan fingerprint density at radius 2 is 1.76 bits per heavy atom. The van der Waals surface area contributed by atoms with E-state index < -0.39 is 16.0 Å². The second kappa shape index (κ2) is 14.3. The molecule has 3 rings (SSSR count). The third kappa shape index (κ3) is 9.38. The number of carbonyl (C=O) groups is 1. The Morgan fingerprint density at radius 3 is 2.38 bits per heavy atom. The first-order chi connectivity index (χ1) is 19.1. The summed E-state index contributed by atoms with van der Waals surface area (Å²) in [5.41, 5.74) is 9.83. The van der Waals surface area contributed by atoms with Crippen LogP contribution in [0.15, 0.2) is 47.4 Å². The summed E-state index contributed by atoms with van der Waals surface area (Å²) in [6.45, 7) is 14.4. The van der Waals surface area contributed by atoms with E-state index in [1.807, 2.05) is 45.9 Å². The van der Waals surface area contributed by atoms with Crippen LogP contribution in [0.4, 0.5) is 5.95 Å². The molecule has 0 aliphatic carbocycles. The molecule has 0 spiro atoms. The lowest BCUT2D eigenvalue weighted by Gasteiger charge is -2.24. The first kappa shape index (κ1) is 34.9. The van der Waals surface area contributed by atoms with Crippen molar-refractivity contribution in [2.45, 2.75) is 78.5 Å². The maximum Gasteiger partial charge on any atom is 0.335 e. The molecular formula is C30H41ClN4O6S. The van der Waals surface area contributed by atoms with Gasteiger partial charge in [0.15, 0.2) is 0 Å². The highest BCUT2D eigenvalue weighted by Crippen LogP contribution is 2.34. The molecular weight excluding hydrogens is 580 g/mol. The number of benzene rings is 2. The quantitative estimate of drug-likeness (QED) is 0.230. The molecule has 0 fully saturated rings. The average molecular weight is 621 g/mol. The van der Waals surface area contributed by atoms with E-state index in [2.05, 4.69) is 35.5 Å². The highest BCUT2D eigenvalue weighted by molar-refractivity contribution is 7.92. The van der Waals surface area contributed by atoms with Crippen molar-refractivity contribution in [3.05, 3.63) is 64.7 Å². The van der Waals surface area contributed by atoms with E-state index in [1.54, 1.807) is 0 Å². The summed E-state index contributed by atoms with van der Waals surface area (Å²) in [7, 11) is -4.24. The number of nitrogens with two attached hydrogens (primary N) is 1. The fourth-order valence-electron chi connectivity index (χ4n) is 4.38. The van der Waals surface area contributed by atoms with E-state index in [4.69, 9.17) is 15.2 Å². The van der Waals surface area contributed by atoms with Crippen LogP contribution < -0.4 is 15.2 Å². The number of hydrogen-bond acceptors (Lipinski definition) is 8. The van der Waals surface area contributed by atoms with Crippen molar-refractivity contribution in [1.29, 1.82) is 0 Å². The van der Waals surface area contributed by atoms with Gasteiger partial charge in [-0.15, -0.1) is 12.4 Å². The average Bonchev–Trinajstić information content (AvgIpc) is 2.86. The van der Waals surface area contributed by atoms with Crippen LogP contribution in [0.2, 0.25) is 0 Å². The zero-order chi connectivity index (χ0) is 30.5. The standard InChI is InChI=1S/C30H40N4O6S.ClH/c1-18(2)39-16-22-12-8-10-19(3)25(22)26-20(4)27(40-17-23(31)15-30(5,6)7)33-29(32-26)34-41(37,38)24-13-9-11-21(14-24)28(35)36;/h8-14,18,23H,15-17,31H2,1-7H3,(H,35,36)(H,32,33,34);1H/t23-;/m1./s1. The van der Waals surface area contributed by atoms with Gasteiger partial charge in [0.2, 0.25) is 11.8 Å². The molecule has 1 heterocycles. The number of sulfonamides is 1. The van der Waals surface area contributed by atoms with E-state index in [0.717, 1.165) is 22.8 Å². The minimum atomic E-state index is -4.24. The number of aryl methyl sites for hydroxylation is 1. The number of carboxylic acids is 1. The van der Waals surface area contributed by atoms with E-state index in [1.165, 1.54) is 18.2 Å². The van der Waals surface area contributed by atoms with Crippen LogP contribution >= 0.6 is 12.4 Å². The molecule has 0 saturated heterocycles. The Morgan fingerprint density at radius 1 is 1.10 bits per heavy atom. The number of ether oxygens (including phenoxy) is 2. The lowest BCUT2D eigenvalue weighted by Crippen LogP contribution is -2.32. The second-order valence-corrected chi connectivity index (χ2v) is 13.3. The van der Waals surface area contributed by atoms with E-state index in [9.17, 15) is 18.3 Å². The third-order valence-electron chi connectivity index (χ3n) is 6.19. The van der Waals surface area contributed by atoms with E-state index >= 15 is 0 Å². The molecule has 3 aromatic rings. The maximum absolute atomic E-state index is 13.3. The number of halogens is 1. The molecule has 0 unspecified atom stereocenters. The molecule has 1 aromatic heterocycles. The Balaban J connectivity index is 0.00000616. The Hall–Kier alpha value is -3.25. The lowest BCUT2D eigenvalue weighted by atomic mass is 9.89. The number of nitrogens with zero attached hydrogens (tertiary/aromatic N) is 2. The van der Waals surface area contributed by atoms with Crippen LogP contribution in [0.1, 0.15) is 68.1 Å². The van der Waals surface area contributed by atoms with Crippen LogP contribution in [-0.2, 0) is 21.4 Å². The summed E-state index contributed by atoms with van der Waals surface area (Å²) in [5.74, 6) is -1.27. The van der Waals surface area contributed by atoms with E-state index in [-0.39, 0.29) is 58.9 Å². The summed E-state index contributed by atoms with van der Waals surface area (Å²) in [5, 5.41) is 9.32. The minimum absolute atomic E-state index is 0. The number of anilines is 1. The van der Waals surface area contributed by atoms with Crippen LogP contribution in [0.5, 0.6) is 5.88 Å². The van der Waals surface area contributed by atoms with Gasteiger partial charge in [-0.2, -0.15) is 4.98 Å². The topological polar surface area (TPSA) is 154 Å². The number of aromatic nitrogens is 2. The zero-order valence-corrected chi connectivity index (χ0v) is 26.7. The van der Waals surface area contributed by atoms with Gasteiger partial charge in [-0.05, 0) is 68.9 Å². The van der Waals surface area contributed by atoms with Gasteiger partial charge in [0.05, 0.1) is 28.9 Å². The summed E-state index contributed by atoms with van der Waals surface area (Å²) in [4.78, 5) is 20.2. The summed E-state index contributed by atoms with van der Waals surface area (Å²) in [6, 6.07) is 10.6. The largest absolute Gasteiger partial charge is 0.478 e. The molecule has 10 nitrogen and oxygen atoms in total. The fourth-order valence-corrected chi connectivity index (χ4v) is 5.37. The predicted octanol–water partition coefficient (Wildman–Crippen LogP) is 5.75. The van der Waals surface area contributed by atoms with Crippen molar-refractivity contribution < 1.29 is 27.8 Å². The first-order valence-electron chi connectivity index (χ1n) is 13.4. The number of rotatable bonds is 12. The second-order valence-electron chi connectivity index (χ2n) is 11.6. The van der Waals surface area contributed by atoms with Gasteiger partial charge in [0.25, 0.3) is 10.0 Å². The van der Waals surface area contributed by atoms with Gasteiger partial charge in [0, 0.05) is 17.2 Å². The number of hydrogen-bond donors (Lipinski definition) is 3. The minimum Gasteiger partial charge on any atom is -0.478 e. The van der Waals surface area contributed by atoms with Gasteiger partial charge in [-0.25, -0.2) is 22.9 Å². The highest BCUT2D eigenvalue weighted by atomic mass is 35.5. The van der Waals surface area contributed by atoms with Crippen LogP contribution in [0.25, 0.3) is 11.3 Å². The molecule has 230 valence electrons. The van der Waals surface area contributed by atoms with Gasteiger partial charge < -0.3 is 20.3 Å². The van der Waals surface area contributed by atoms with Crippen molar-refractivity contribution in [2.75, 3.05) is 11.3 Å². The Bertz CT molecular complexity index is 1510. The van der Waals surface area contributed by atoms with Crippen molar-refractivity contribution in [3.8, 4) is 17.1 Å². The van der Waals surface area contributed by atoms with Gasteiger partial charge in [-0.1, -0.05) is 45.0 Å². The van der Waals surface area contributed by atoms with Crippen molar-refractivity contribution in [2.24, 2.45) is 11.1 Å². The van der Waals surface area contributed by atoms with Crippen molar-refractivity contribution in [1.82, 2.24) is 9.97 Å². The summed E-state index contributed by atoms with van der Waals surface area (Å²) in [6.07, 6.45) is 0.708. The molecule has 0 aliphatic heterocycles. The van der Waals surface area contributed by atoms with Crippen molar-refractivity contribution in [3.63, 3.8) is 0 Å². The molecule has 0 amide bonds. The van der Waals surface area contributed by atoms with E-state index in [0.29, 0.717) is 24.3 Å². The van der Waals surface area contributed by atoms with Crippen LogP contribution in [-0.4, -0.2) is 48.2 Å². The molecule has 0 radical (unpaired) electrons. The fraction of sp³-hybridized carbons (Fsp3) is 0.433. The molecule has 0 saturated carbocycles.